The maximum atomic E-state index is 6.37. The summed E-state index contributed by atoms with van der Waals surface area (Å²) in [7, 11) is 4.85. The van der Waals surface area contributed by atoms with Gasteiger partial charge in [0.15, 0.2) is 0 Å². The SMILES string of the molecule is CCCC(Cl)c1c(OC)cc(OC)cc1OC. The fourth-order valence-electron chi connectivity index (χ4n) is 1.74. The minimum Gasteiger partial charge on any atom is -0.496 e. The van der Waals surface area contributed by atoms with Crippen LogP contribution in [0.5, 0.6) is 17.2 Å². The van der Waals surface area contributed by atoms with Gasteiger partial charge in [-0.1, -0.05) is 13.3 Å². The van der Waals surface area contributed by atoms with Crippen LogP contribution < -0.4 is 14.2 Å². The maximum Gasteiger partial charge on any atom is 0.130 e. The number of benzene rings is 1. The van der Waals surface area contributed by atoms with Gasteiger partial charge in [-0.05, 0) is 6.42 Å². The minimum atomic E-state index is -0.115. The second-order valence-electron chi connectivity index (χ2n) is 3.70. The van der Waals surface area contributed by atoms with Gasteiger partial charge in [-0.2, -0.15) is 0 Å². The first-order chi connectivity index (χ1) is 8.17. The summed E-state index contributed by atoms with van der Waals surface area (Å²) in [5.74, 6) is 2.10. The van der Waals surface area contributed by atoms with E-state index >= 15 is 0 Å². The summed E-state index contributed by atoms with van der Waals surface area (Å²) in [5.41, 5.74) is 0.888. The molecule has 1 aromatic carbocycles. The van der Waals surface area contributed by atoms with Gasteiger partial charge >= 0.3 is 0 Å². The van der Waals surface area contributed by atoms with E-state index in [9.17, 15) is 0 Å². The van der Waals surface area contributed by atoms with Crippen LogP contribution in [-0.2, 0) is 0 Å². The van der Waals surface area contributed by atoms with E-state index < -0.39 is 0 Å². The summed E-state index contributed by atoms with van der Waals surface area (Å²) in [4.78, 5) is 0. The van der Waals surface area contributed by atoms with Crippen LogP contribution in [0.1, 0.15) is 30.7 Å². The lowest BCUT2D eigenvalue weighted by atomic mass is 10.0. The number of alkyl halides is 1. The van der Waals surface area contributed by atoms with E-state index in [1.54, 1.807) is 21.3 Å². The summed E-state index contributed by atoms with van der Waals surface area (Å²) in [6.07, 6.45) is 1.88. The third-order valence-electron chi connectivity index (χ3n) is 2.61. The minimum absolute atomic E-state index is 0.115. The molecule has 0 bridgehead atoms. The van der Waals surface area contributed by atoms with Crippen LogP contribution in [0.4, 0.5) is 0 Å². The highest BCUT2D eigenvalue weighted by Crippen LogP contribution is 2.42. The Kier molecular flexibility index (Phi) is 5.42. The highest BCUT2D eigenvalue weighted by Gasteiger charge is 2.20. The van der Waals surface area contributed by atoms with Crippen LogP contribution in [0.25, 0.3) is 0 Å². The molecule has 0 aliphatic carbocycles. The highest BCUT2D eigenvalue weighted by molar-refractivity contribution is 6.21. The molecule has 0 aliphatic heterocycles. The first kappa shape index (κ1) is 14.0. The molecule has 1 unspecified atom stereocenters. The third kappa shape index (κ3) is 3.19. The fraction of sp³-hybridized carbons (Fsp3) is 0.538. The lowest BCUT2D eigenvalue weighted by Gasteiger charge is -2.18. The van der Waals surface area contributed by atoms with Gasteiger partial charge in [0.05, 0.1) is 32.3 Å². The largest absolute Gasteiger partial charge is 0.496 e. The Morgan fingerprint density at radius 2 is 1.59 bits per heavy atom. The standard InChI is InChI=1S/C13H19ClO3/c1-5-6-10(14)13-11(16-3)7-9(15-2)8-12(13)17-4/h7-8,10H,5-6H2,1-4H3. The zero-order valence-corrected chi connectivity index (χ0v) is 11.5. The number of hydrogen-bond acceptors (Lipinski definition) is 3. The summed E-state index contributed by atoms with van der Waals surface area (Å²) >= 11 is 6.37. The Bertz CT molecular complexity index is 341. The van der Waals surface area contributed by atoms with Gasteiger partial charge in [-0.15, -0.1) is 11.6 Å². The highest BCUT2D eigenvalue weighted by atomic mass is 35.5. The van der Waals surface area contributed by atoms with Crippen LogP contribution in [0.15, 0.2) is 12.1 Å². The van der Waals surface area contributed by atoms with Crippen LogP contribution in [0, 0.1) is 0 Å². The maximum absolute atomic E-state index is 6.37. The molecule has 0 saturated carbocycles. The van der Waals surface area contributed by atoms with Crippen molar-refractivity contribution in [2.45, 2.75) is 25.1 Å². The molecule has 0 N–H and O–H groups in total. The van der Waals surface area contributed by atoms with Crippen LogP contribution in [-0.4, -0.2) is 21.3 Å². The molecule has 17 heavy (non-hydrogen) atoms. The van der Waals surface area contributed by atoms with Crippen molar-refractivity contribution in [2.75, 3.05) is 21.3 Å². The molecule has 1 atom stereocenters. The van der Waals surface area contributed by atoms with Crippen LogP contribution in [0.2, 0.25) is 0 Å². The molecule has 0 aliphatic rings. The van der Waals surface area contributed by atoms with Gasteiger partial charge in [0.2, 0.25) is 0 Å². The van der Waals surface area contributed by atoms with Gasteiger partial charge in [0.25, 0.3) is 0 Å². The predicted molar refractivity (Wildman–Crippen MR) is 69.6 cm³/mol. The first-order valence-electron chi connectivity index (χ1n) is 5.61. The van der Waals surface area contributed by atoms with Gasteiger partial charge in [0.1, 0.15) is 17.2 Å². The van der Waals surface area contributed by atoms with Crippen molar-refractivity contribution in [1.29, 1.82) is 0 Å². The number of halogens is 1. The first-order valence-corrected chi connectivity index (χ1v) is 6.05. The molecule has 0 heterocycles. The normalized spacial score (nSPS) is 12.1. The van der Waals surface area contributed by atoms with E-state index in [2.05, 4.69) is 6.92 Å². The van der Waals surface area contributed by atoms with E-state index in [1.807, 2.05) is 12.1 Å². The Hall–Kier alpha value is -1.09. The van der Waals surface area contributed by atoms with Gasteiger partial charge in [-0.25, -0.2) is 0 Å². The summed E-state index contributed by atoms with van der Waals surface area (Å²) < 4.78 is 15.9. The van der Waals surface area contributed by atoms with E-state index in [1.165, 1.54) is 0 Å². The van der Waals surface area contributed by atoms with E-state index in [0.29, 0.717) is 17.2 Å². The molecule has 0 saturated heterocycles. The van der Waals surface area contributed by atoms with Crippen molar-refractivity contribution in [1.82, 2.24) is 0 Å². The quantitative estimate of drug-likeness (QED) is 0.727. The van der Waals surface area contributed by atoms with Gasteiger partial charge < -0.3 is 14.2 Å². The van der Waals surface area contributed by atoms with E-state index in [4.69, 9.17) is 25.8 Å². The van der Waals surface area contributed by atoms with Crippen molar-refractivity contribution in [2.24, 2.45) is 0 Å². The van der Waals surface area contributed by atoms with Gasteiger partial charge in [-0.3, -0.25) is 0 Å². The van der Waals surface area contributed by atoms with Crippen molar-refractivity contribution >= 4 is 11.6 Å². The molecule has 0 radical (unpaired) electrons. The van der Waals surface area contributed by atoms with Crippen molar-refractivity contribution in [3.05, 3.63) is 17.7 Å². The second kappa shape index (κ2) is 6.60. The van der Waals surface area contributed by atoms with Crippen LogP contribution in [0.3, 0.4) is 0 Å². The summed E-state index contributed by atoms with van der Waals surface area (Å²) in [6, 6.07) is 3.64. The third-order valence-corrected chi connectivity index (χ3v) is 3.04. The lowest BCUT2D eigenvalue weighted by molar-refractivity contribution is 0.367. The van der Waals surface area contributed by atoms with Crippen LogP contribution >= 0.6 is 11.6 Å². The average Bonchev–Trinajstić information content (AvgIpc) is 2.37. The van der Waals surface area contributed by atoms with Crippen molar-refractivity contribution in [3.63, 3.8) is 0 Å². The topological polar surface area (TPSA) is 27.7 Å². The summed E-state index contributed by atoms with van der Waals surface area (Å²) in [6.45, 7) is 2.10. The Morgan fingerprint density at radius 3 is 1.94 bits per heavy atom. The Morgan fingerprint density at radius 1 is 1.06 bits per heavy atom. The number of rotatable bonds is 6. The van der Waals surface area contributed by atoms with Crippen molar-refractivity contribution < 1.29 is 14.2 Å². The van der Waals surface area contributed by atoms with Gasteiger partial charge in [0, 0.05) is 12.1 Å². The fourth-order valence-corrected chi connectivity index (χ4v) is 2.17. The van der Waals surface area contributed by atoms with E-state index in [-0.39, 0.29) is 5.38 Å². The number of hydrogen-bond donors (Lipinski definition) is 0. The molecule has 1 aromatic rings. The van der Waals surface area contributed by atoms with Crippen molar-refractivity contribution in [3.8, 4) is 17.2 Å². The number of methoxy groups -OCH3 is 3. The lowest BCUT2D eigenvalue weighted by Crippen LogP contribution is -2.00. The predicted octanol–water partition coefficient (Wildman–Crippen LogP) is 3.79. The molecular formula is C13H19ClO3. The monoisotopic (exact) mass is 258 g/mol. The summed E-state index contributed by atoms with van der Waals surface area (Å²) in [5, 5.41) is -0.115. The average molecular weight is 259 g/mol. The molecule has 4 heteroatoms. The smallest absolute Gasteiger partial charge is 0.130 e. The molecule has 0 aromatic heterocycles. The second-order valence-corrected chi connectivity index (χ2v) is 4.23. The Balaban J connectivity index is 3.23. The zero-order chi connectivity index (χ0) is 12.8. The Labute approximate surface area is 108 Å². The molecule has 3 nitrogen and oxygen atoms in total. The molecule has 0 spiro atoms. The molecular weight excluding hydrogens is 240 g/mol. The molecule has 96 valence electrons. The number of ether oxygens (including phenoxy) is 3. The molecule has 0 amide bonds. The molecule has 0 fully saturated rings. The zero-order valence-electron chi connectivity index (χ0n) is 10.7. The molecule has 1 rings (SSSR count). The van der Waals surface area contributed by atoms with E-state index in [0.717, 1.165) is 18.4 Å².